The predicted molar refractivity (Wildman–Crippen MR) is 268 cm³/mol. The Morgan fingerprint density at radius 1 is 0.323 bits per heavy atom. The molecule has 0 atom stereocenters. The molecule has 0 bridgehead atoms. The van der Waals surface area contributed by atoms with Crippen LogP contribution in [-0.4, -0.2) is 0 Å². The van der Waals surface area contributed by atoms with Gasteiger partial charge in [-0.15, -0.1) is 0 Å². The molecule has 0 saturated heterocycles. The first-order chi connectivity index (χ1) is 31.8. The van der Waals surface area contributed by atoms with Crippen molar-refractivity contribution >= 4 is 17.1 Å². The van der Waals surface area contributed by atoms with E-state index in [0.717, 1.165) is 84.6 Å². The monoisotopic (exact) mass is 837 g/mol. The molecule has 0 aliphatic heterocycles. The summed E-state index contributed by atoms with van der Waals surface area (Å²) >= 11 is 0. The Morgan fingerprint density at radius 2 is 0.785 bits per heavy atom. The lowest BCUT2D eigenvalue weighted by molar-refractivity contribution is 0.563. The molecule has 0 unspecified atom stereocenters. The molecule has 12 rings (SSSR count). The van der Waals surface area contributed by atoms with Crippen LogP contribution in [0.25, 0.3) is 78.7 Å². The van der Waals surface area contributed by atoms with E-state index in [1.807, 2.05) is 0 Å². The van der Waals surface area contributed by atoms with Crippen LogP contribution in [0.3, 0.4) is 0 Å². The summed E-state index contributed by atoms with van der Waals surface area (Å²) in [6.07, 6.45) is 0. The van der Waals surface area contributed by atoms with Gasteiger partial charge < -0.3 is 13.7 Å². The predicted octanol–water partition coefficient (Wildman–Crippen LogP) is 17.3. The molecule has 2 aromatic heterocycles. The maximum atomic E-state index is 7.21. The van der Waals surface area contributed by atoms with Crippen LogP contribution in [0.5, 0.6) is 0 Å². The number of rotatable bonds is 8. The second-order valence-electron chi connectivity index (χ2n) is 18.4. The maximum Gasteiger partial charge on any atom is 0.146 e. The minimum Gasteiger partial charge on any atom is -0.455 e. The fraction of sp³-hybridized carbons (Fsp3) is 0.0968. The van der Waals surface area contributed by atoms with Crippen molar-refractivity contribution in [1.29, 1.82) is 0 Å². The Morgan fingerprint density at radius 3 is 1.45 bits per heavy atom. The molecule has 312 valence electrons. The van der Waals surface area contributed by atoms with Crippen molar-refractivity contribution in [3.63, 3.8) is 0 Å². The van der Waals surface area contributed by atoms with E-state index in [2.05, 4.69) is 245 Å². The Hall–Kier alpha value is -7.88. The molecule has 0 amide bonds. The Bertz CT molecular complexity index is 3390. The van der Waals surface area contributed by atoms with Gasteiger partial charge in [-0.3, -0.25) is 0 Å². The van der Waals surface area contributed by atoms with E-state index < -0.39 is 5.41 Å². The molecule has 3 nitrogen and oxygen atoms in total. The van der Waals surface area contributed by atoms with E-state index >= 15 is 0 Å². The van der Waals surface area contributed by atoms with Crippen LogP contribution in [-0.2, 0) is 10.8 Å². The molecule has 0 radical (unpaired) electrons. The summed E-state index contributed by atoms with van der Waals surface area (Å²) in [5.41, 5.74) is 19.0. The van der Waals surface area contributed by atoms with Gasteiger partial charge in [-0.1, -0.05) is 198 Å². The molecule has 2 aliphatic carbocycles. The lowest BCUT2D eigenvalue weighted by atomic mass is 9.78. The summed E-state index contributed by atoms with van der Waals surface area (Å²) in [7, 11) is 0. The van der Waals surface area contributed by atoms with Crippen LogP contribution in [0, 0.1) is 0 Å². The number of anilines is 3. The van der Waals surface area contributed by atoms with Gasteiger partial charge in [0.2, 0.25) is 0 Å². The molecule has 0 N–H and O–H groups in total. The highest BCUT2D eigenvalue weighted by molar-refractivity contribution is 6.00. The molecule has 0 fully saturated rings. The van der Waals surface area contributed by atoms with Crippen LogP contribution in [0.2, 0.25) is 0 Å². The molecule has 0 saturated carbocycles. The molecule has 2 heterocycles. The Kier molecular flexibility index (Phi) is 8.86. The van der Waals surface area contributed by atoms with Crippen LogP contribution in [0.15, 0.2) is 221 Å². The van der Waals surface area contributed by atoms with Gasteiger partial charge in [0.1, 0.15) is 23.0 Å². The van der Waals surface area contributed by atoms with Crippen molar-refractivity contribution in [3.05, 3.63) is 235 Å². The van der Waals surface area contributed by atoms with E-state index in [0.29, 0.717) is 0 Å². The summed E-state index contributed by atoms with van der Waals surface area (Å²) in [6.45, 7) is 9.34. The summed E-state index contributed by atoms with van der Waals surface area (Å²) in [5.74, 6) is 3.42. The van der Waals surface area contributed by atoms with Gasteiger partial charge in [-0.25, -0.2) is 0 Å². The Labute approximate surface area is 380 Å². The third-order valence-electron chi connectivity index (χ3n) is 13.9. The summed E-state index contributed by atoms with van der Waals surface area (Å²) in [4.78, 5) is 2.42. The highest BCUT2D eigenvalue weighted by atomic mass is 16.4. The molecule has 65 heavy (non-hydrogen) atoms. The fourth-order valence-corrected chi connectivity index (χ4v) is 10.8. The molecule has 3 heteroatoms. The summed E-state index contributed by atoms with van der Waals surface area (Å²) < 4.78 is 14.4. The molecule has 8 aromatic carbocycles. The highest BCUT2D eigenvalue weighted by Gasteiger charge is 2.48. The standard InChI is InChI=1S/C62H47NO2/c1-61(2)50-31-19-17-30-48(50)49-38-37-46(39-51(49)61)63(52-32-20-18-29-47(52)40-21-9-5-10-22-40)45-35-33-44(34-36-45)58-54-56(59(64-58)43-27-15-8-16-28-43)62(3,4)55-53(41-23-11-6-12-24-41)57(65-60(54)55)42-25-13-7-14-26-42/h5-39H,1-4H3. The van der Waals surface area contributed by atoms with Crippen molar-refractivity contribution in [2.24, 2.45) is 0 Å². The van der Waals surface area contributed by atoms with Crippen molar-refractivity contribution in [2.75, 3.05) is 4.90 Å². The van der Waals surface area contributed by atoms with Gasteiger partial charge in [-0.2, -0.15) is 0 Å². The lowest BCUT2D eigenvalue weighted by Crippen LogP contribution is -2.16. The average Bonchev–Trinajstić information content (AvgIpc) is 4.08. The zero-order chi connectivity index (χ0) is 43.9. The smallest absolute Gasteiger partial charge is 0.146 e. The van der Waals surface area contributed by atoms with E-state index in [-0.39, 0.29) is 5.41 Å². The van der Waals surface area contributed by atoms with Crippen LogP contribution >= 0.6 is 0 Å². The second kappa shape index (κ2) is 14.9. The van der Waals surface area contributed by atoms with E-state index in [4.69, 9.17) is 8.83 Å². The number of hydrogen-bond donors (Lipinski definition) is 0. The zero-order valence-electron chi connectivity index (χ0n) is 37.0. The minimum atomic E-state index is -0.446. The first kappa shape index (κ1) is 38.8. The Balaban J connectivity index is 1.05. The molecule has 0 spiro atoms. The SMILES string of the molecule is CC1(C)c2ccccc2-c2ccc(N(c3ccc(-c4oc(-c5ccccc5)c5c4-c4oc(-c6ccccc6)c(-c6ccccc6)c4C5(C)C)cc3)c3ccccc3-c3ccccc3)cc21. The number of fused-ring (bicyclic) bond motifs is 6. The van der Waals surface area contributed by atoms with Gasteiger partial charge in [0.25, 0.3) is 0 Å². The minimum absolute atomic E-state index is 0.147. The second-order valence-corrected chi connectivity index (χ2v) is 18.4. The van der Waals surface area contributed by atoms with Gasteiger partial charge in [0, 0.05) is 61.1 Å². The number of hydrogen-bond acceptors (Lipinski definition) is 3. The largest absolute Gasteiger partial charge is 0.455 e. The first-order valence-electron chi connectivity index (χ1n) is 22.6. The van der Waals surface area contributed by atoms with Crippen LogP contribution in [0.1, 0.15) is 49.9 Å². The molecule has 10 aromatic rings. The van der Waals surface area contributed by atoms with Crippen LogP contribution in [0.4, 0.5) is 17.1 Å². The van der Waals surface area contributed by atoms with E-state index in [1.165, 1.54) is 33.4 Å². The number of benzene rings is 8. The number of para-hydroxylation sites is 1. The van der Waals surface area contributed by atoms with Crippen molar-refractivity contribution in [2.45, 2.75) is 38.5 Å². The third kappa shape index (κ3) is 6.03. The fourth-order valence-electron chi connectivity index (χ4n) is 10.8. The summed E-state index contributed by atoms with van der Waals surface area (Å²) in [6, 6.07) is 75.9. The van der Waals surface area contributed by atoms with Crippen molar-refractivity contribution < 1.29 is 8.83 Å². The topological polar surface area (TPSA) is 29.5 Å². The maximum absolute atomic E-state index is 7.21. The van der Waals surface area contributed by atoms with E-state index in [1.54, 1.807) is 0 Å². The molecule has 2 aliphatic rings. The van der Waals surface area contributed by atoms with Gasteiger partial charge in [0.05, 0.1) is 11.3 Å². The van der Waals surface area contributed by atoms with Gasteiger partial charge in [0.15, 0.2) is 0 Å². The lowest BCUT2D eigenvalue weighted by Gasteiger charge is -2.30. The van der Waals surface area contributed by atoms with Crippen LogP contribution < -0.4 is 4.90 Å². The van der Waals surface area contributed by atoms with Crippen molar-refractivity contribution in [1.82, 2.24) is 0 Å². The van der Waals surface area contributed by atoms with Gasteiger partial charge in [-0.05, 0) is 75.8 Å². The molecular formula is C62H47NO2. The number of furan rings is 2. The zero-order valence-corrected chi connectivity index (χ0v) is 37.0. The quantitative estimate of drug-likeness (QED) is 0.153. The normalized spacial score (nSPS) is 13.8. The average molecular weight is 838 g/mol. The highest BCUT2D eigenvalue weighted by Crippen LogP contribution is 2.62. The molecular weight excluding hydrogens is 791 g/mol. The van der Waals surface area contributed by atoms with Gasteiger partial charge >= 0.3 is 0 Å². The van der Waals surface area contributed by atoms with E-state index in [9.17, 15) is 0 Å². The van der Waals surface area contributed by atoms with Crippen molar-refractivity contribution in [3.8, 4) is 78.7 Å². The first-order valence-corrected chi connectivity index (χ1v) is 22.6. The third-order valence-corrected chi connectivity index (χ3v) is 13.9. The summed E-state index contributed by atoms with van der Waals surface area (Å²) in [5, 5.41) is 0. The number of nitrogens with zero attached hydrogens (tertiary/aromatic N) is 1.